The van der Waals surface area contributed by atoms with Gasteiger partial charge in [0.15, 0.2) is 17.5 Å². The van der Waals surface area contributed by atoms with Crippen LogP contribution in [0.25, 0.3) is 0 Å². The van der Waals surface area contributed by atoms with Crippen LogP contribution in [0, 0.1) is 17.5 Å². The van der Waals surface area contributed by atoms with Gasteiger partial charge in [-0.05, 0) is 6.07 Å². The maximum Gasteiger partial charge on any atom is 0.251 e. The van der Waals surface area contributed by atoms with Crippen molar-refractivity contribution in [3.63, 3.8) is 0 Å². The lowest BCUT2D eigenvalue weighted by atomic mass is 10.3. The first-order valence-electron chi connectivity index (χ1n) is 5.77. The van der Waals surface area contributed by atoms with Crippen molar-refractivity contribution < 1.29 is 18.0 Å². The van der Waals surface area contributed by atoms with E-state index in [4.69, 9.17) is 5.73 Å². The normalized spacial score (nSPS) is 10.4. The molecule has 0 spiro atoms. The third-order valence-electron chi connectivity index (χ3n) is 2.59. The van der Waals surface area contributed by atoms with Crippen molar-refractivity contribution in [3.05, 3.63) is 58.3 Å². The van der Waals surface area contributed by atoms with Gasteiger partial charge in [0.25, 0.3) is 5.56 Å². The fourth-order valence-electron chi connectivity index (χ4n) is 1.66. The summed E-state index contributed by atoms with van der Waals surface area (Å²) < 4.78 is 39.8. The second kappa shape index (κ2) is 5.70. The van der Waals surface area contributed by atoms with E-state index in [1.54, 1.807) is 0 Å². The number of nitrogen functional groups attached to an aromatic ring is 1. The number of anilines is 2. The van der Waals surface area contributed by atoms with E-state index >= 15 is 0 Å². The topological polar surface area (TPSA) is 77.1 Å². The zero-order valence-electron chi connectivity index (χ0n) is 10.6. The van der Waals surface area contributed by atoms with Crippen molar-refractivity contribution in [2.75, 3.05) is 11.1 Å². The van der Waals surface area contributed by atoms with Crippen LogP contribution in [0.1, 0.15) is 0 Å². The summed E-state index contributed by atoms with van der Waals surface area (Å²) in [4.78, 5) is 23.2. The van der Waals surface area contributed by atoms with Crippen LogP contribution in [0.5, 0.6) is 0 Å². The molecule has 8 heteroatoms. The quantitative estimate of drug-likeness (QED) is 0.843. The van der Waals surface area contributed by atoms with Crippen LogP contribution >= 0.6 is 0 Å². The van der Waals surface area contributed by atoms with Crippen LogP contribution in [0.4, 0.5) is 24.5 Å². The van der Waals surface area contributed by atoms with Gasteiger partial charge in [0.2, 0.25) is 5.91 Å². The van der Waals surface area contributed by atoms with E-state index in [1.807, 2.05) is 0 Å². The molecule has 0 aliphatic rings. The van der Waals surface area contributed by atoms with Gasteiger partial charge in [0.1, 0.15) is 6.54 Å². The number of carbonyl (C=O) groups is 1. The van der Waals surface area contributed by atoms with Gasteiger partial charge >= 0.3 is 0 Å². The second-order valence-corrected chi connectivity index (χ2v) is 4.23. The summed E-state index contributed by atoms with van der Waals surface area (Å²) in [6, 6.07) is 3.83. The first-order chi connectivity index (χ1) is 9.86. The number of hydrogen-bond donors (Lipinski definition) is 2. The molecular weight excluding hydrogens is 287 g/mol. The number of halogens is 3. The van der Waals surface area contributed by atoms with Gasteiger partial charge < -0.3 is 15.6 Å². The van der Waals surface area contributed by atoms with Crippen LogP contribution in [0.3, 0.4) is 0 Å². The maximum absolute atomic E-state index is 13.0. The molecule has 0 bridgehead atoms. The molecule has 2 aromatic rings. The van der Waals surface area contributed by atoms with Crippen molar-refractivity contribution in [3.8, 4) is 0 Å². The van der Waals surface area contributed by atoms with Gasteiger partial charge in [-0.15, -0.1) is 0 Å². The van der Waals surface area contributed by atoms with Crippen molar-refractivity contribution >= 4 is 17.3 Å². The predicted octanol–water partition coefficient (Wildman–Crippen LogP) is 1.49. The standard InChI is InChI=1S/C13H10F3N3O2/c14-9-3-8(4-10(15)13(9)16)18-11(20)6-19-5-7(17)1-2-12(19)21/h1-5H,6,17H2,(H,18,20). The number of hydrogen-bond acceptors (Lipinski definition) is 3. The Labute approximate surface area is 116 Å². The molecule has 1 aromatic carbocycles. The minimum atomic E-state index is -1.62. The van der Waals surface area contributed by atoms with Gasteiger partial charge in [0, 0.05) is 35.8 Å². The molecule has 0 unspecified atom stereocenters. The monoisotopic (exact) mass is 297 g/mol. The van der Waals surface area contributed by atoms with Crippen LogP contribution in [-0.2, 0) is 11.3 Å². The van der Waals surface area contributed by atoms with Gasteiger partial charge in [-0.3, -0.25) is 9.59 Å². The number of carbonyl (C=O) groups excluding carboxylic acids is 1. The average Bonchev–Trinajstić information content (AvgIpc) is 2.40. The number of pyridine rings is 1. The Morgan fingerprint density at radius 3 is 2.43 bits per heavy atom. The molecule has 21 heavy (non-hydrogen) atoms. The van der Waals surface area contributed by atoms with Crippen LogP contribution < -0.4 is 16.6 Å². The molecule has 1 aromatic heterocycles. The molecule has 110 valence electrons. The largest absolute Gasteiger partial charge is 0.398 e. The Kier molecular flexibility index (Phi) is 3.97. The molecule has 0 saturated heterocycles. The van der Waals surface area contributed by atoms with Crippen molar-refractivity contribution in [1.82, 2.24) is 4.57 Å². The number of amides is 1. The summed E-state index contributed by atoms with van der Waals surface area (Å²) in [5.74, 6) is -5.19. The summed E-state index contributed by atoms with van der Waals surface area (Å²) in [5, 5.41) is 2.16. The van der Waals surface area contributed by atoms with Crippen molar-refractivity contribution in [2.24, 2.45) is 0 Å². The molecule has 0 fully saturated rings. The first-order valence-corrected chi connectivity index (χ1v) is 5.77. The summed E-state index contributed by atoms with van der Waals surface area (Å²) in [6.45, 7) is -0.398. The summed E-state index contributed by atoms with van der Waals surface area (Å²) >= 11 is 0. The summed E-state index contributed by atoms with van der Waals surface area (Å²) in [6.07, 6.45) is 1.26. The van der Waals surface area contributed by atoms with Crippen molar-refractivity contribution in [1.29, 1.82) is 0 Å². The van der Waals surface area contributed by atoms with E-state index in [9.17, 15) is 22.8 Å². The Balaban J connectivity index is 2.15. The SMILES string of the molecule is Nc1ccc(=O)n(CC(=O)Nc2cc(F)c(F)c(F)c2)c1. The first kappa shape index (κ1) is 14.6. The molecule has 5 nitrogen and oxygen atoms in total. The highest BCUT2D eigenvalue weighted by molar-refractivity contribution is 5.90. The molecule has 2 rings (SSSR count). The molecule has 3 N–H and O–H groups in total. The number of nitrogens with zero attached hydrogens (tertiary/aromatic N) is 1. The van der Waals surface area contributed by atoms with E-state index in [2.05, 4.69) is 5.32 Å². The van der Waals surface area contributed by atoms with E-state index in [0.717, 1.165) is 4.57 Å². The Morgan fingerprint density at radius 2 is 1.81 bits per heavy atom. The predicted molar refractivity (Wildman–Crippen MR) is 70.1 cm³/mol. The zero-order chi connectivity index (χ0) is 15.6. The average molecular weight is 297 g/mol. The molecule has 0 aliphatic heterocycles. The van der Waals surface area contributed by atoms with E-state index in [0.29, 0.717) is 12.1 Å². The maximum atomic E-state index is 13.0. The molecule has 1 amide bonds. The lowest BCUT2D eigenvalue weighted by Crippen LogP contribution is -2.27. The number of nitrogens with two attached hydrogens (primary N) is 1. The molecule has 0 aliphatic carbocycles. The van der Waals surface area contributed by atoms with Gasteiger partial charge in [0.05, 0.1) is 0 Å². The molecule has 0 saturated carbocycles. The molecular formula is C13H10F3N3O2. The van der Waals surface area contributed by atoms with Gasteiger partial charge in [-0.25, -0.2) is 13.2 Å². The molecule has 0 atom stereocenters. The third kappa shape index (κ3) is 3.41. The van der Waals surface area contributed by atoms with Crippen LogP contribution in [0.2, 0.25) is 0 Å². The highest BCUT2D eigenvalue weighted by atomic mass is 19.2. The highest BCUT2D eigenvalue weighted by Crippen LogP contribution is 2.17. The third-order valence-corrected chi connectivity index (χ3v) is 2.59. The minimum Gasteiger partial charge on any atom is -0.398 e. The lowest BCUT2D eigenvalue weighted by Gasteiger charge is -2.08. The highest BCUT2D eigenvalue weighted by Gasteiger charge is 2.12. The van der Waals surface area contributed by atoms with Crippen LogP contribution in [-0.4, -0.2) is 10.5 Å². The van der Waals surface area contributed by atoms with E-state index in [-0.39, 0.29) is 11.4 Å². The van der Waals surface area contributed by atoms with Gasteiger partial charge in [-0.2, -0.15) is 0 Å². The van der Waals surface area contributed by atoms with Gasteiger partial charge in [-0.1, -0.05) is 0 Å². The van der Waals surface area contributed by atoms with Crippen LogP contribution in [0.15, 0.2) is 35.3 Å². The number of nitrogens with one attached hydrogen (secondary N) is 1. The summed E-state index contributed by atoms with van der Waals surface area (Å²) in [5.41, 5.74) is 5.04. The van der Waals surface area contributed by atoms with E-state index < -0.39 is 35.5 Å². The number of rotatable bonds is 3. The second-order valence-electron chi connectivity index (χ2n) is 4.23. The summed E-state index contributed by atoms with van der Waals surface area (Å²) in [7, 11) is 0. The number of aromatic nitrogens is 1. The fraction of sp³-hybridized carbons (Fsp3) is 0.0769. The van der Waals surface area contributed by atoms with E-state index in [1.165, 1.54) is 18.3 Å². The van der Waals surface area contributed by atoms with Crippen molar-refractivity contribution in [2.45, 2.75) is 6.54 Å². The zero-order valence-corrected chi connectivity index (χ0v) is 10.6. The molecule has 0 radical (unpaired) electrons. The fourth-order valence-corrected chi connectivity index (χ4v) is 1.66. The Hall–Kier alpha value is -2.77. The number of benzene rings is 1. The lowest BCUT2D eigenvalue weighted by molar-refractivity contribution is -0.116. The smallest absolute Gasteiger partial charge is 0.251 e. The molecule has 1 heterocycles. The minimum absolute atomic E-state index is 0.256. The Morgan fingerprint density at radius 1 is 1.19 bits per heavy atom. The Bertz CT molecular complexity index is 736.